The van der Waals surface area contributed by atoms with Gasteiger partial charge in [0.15, 0.2) is 0 Å². The van der Waals surface area contributed by atoms with Crippen molar-refractivity contribution in [2.75, 3.05) is 0 Å². The van der Waals surface area contributed by atoms with Gasteiger partial charge < -0.3 is 15.3 Å². The molecule has 1 rings (SSSR count). The first-order valence-corrected chi connectivity index (χ1v) is 9.04. The summed E-state index contributed by atoms with van der Waals surface area (Å²) in [6.45, 7) is 2.03. The minimum absolute atomic E-state index is 0.0395. The second-order valence-corrected chi connectivity index (χ2v) is 6.48. The van der Waals surface area contributed by atoms with Crippen molar-refractivity contribution in [1.82, 2.24) is 0 Å². The van der Waals surface area contributed by atoms with E-state index in [0.717, 1.165) is 6.42 Å². The van der Waals surface area contributed by atoms with Crippen molar-refractivity contribution in [2.45, 2.75) is 64.1 Å². The topological polar surface area (TPSA) is 94.8 Å². The molecule has 0 saturated heterocycles. The number of carbonyl (C=O) groups excluding carboxylic acids is 1. The van der Waals surface area contributed by atoms with E-state index in [0.29, 0.717) is 25.7 Å². The van der Waals surface area contributed by atoms with E-state index in [2.05, 4.69) is 0 Å². The van der Waals surface area contributed by atoms with Crippen LogP contribution in [0.3, 0.4) is 0 Å². The summed E-state index contributed by atoms with van der Waals surface area (Å²) in [6, 6.07) is 0. The highest BCUT2D eigenvalue weighted by Crippen LogP contribution is 2.33. The summed E-state index contributed by atoms with van der Waals surface area (Å²) < 4.78 is 0. The maximum Gasteiger partial charge on any atom is 0.303 e. The van der Waals surface area contributed by atoms with Crippen molar-refractivity contribution < 1.29 is 24.9 Å². The first-order chi connectivity index (χ1) is 12.0. The second-order valence-electron chi connectivity index (χ2n) is 6.48. The lowest BCUT2D eigenvalue weighted by atomic mass is 9.90. The Kier molecular flexibility index (Phi) is 10.0. The number of rotatable bonds is 11. The fourth-order valence-electron chi connectivity index (χ4n) is 3.00. The van der Waals surface area contributed by atoms with Crippen molar-refractivity contribution in [3.8, 4) is 0 Å². The Labute approximate surface area is 149 Å². The van der Waals surface area contributed by atoms with Gasteiger partial charge in [0.1, 0.15) is 5.78 Å². The van der Waals surface area contributed by atoms with E-state index in [1.807, 2.05) is 31.2 Å². The Morgan fingerprint density at radius 2 is 2.04 bits per heavy atom. The van der Waals surface area contributed by atoms with Gasteiger partial charge in [0, 0.05) is 24.7 Å². The fourth-order valence-corrected chi connectivity index (χ4v) is 3.00. The number of aliphatic hydroxyl groups excluding tert-OH is 2. The number of aliphatic carboxylic acids is 1. The van der Waals surface area contributed by atoms with E-state index < -0.39 is 18.2 Å². The van der Waals surface area contributed by atoms with Crippen LogP contribution in [0.25, 0.3) is 0 Å². The summed E-state index contributed by atoms with van der Waals surface area (Å²) >= 11 is 0. The van der Waals surface area contributed by atoms with Crippen LogP contribution in [0.5, 0.6) is 0 Å². The van der Waals surface area contributed by atoms with Crippen LogP contribution >= 0.6 is 0 Å². The Hall–Kier alpha value is -1.72. The van der Waals surface area contributed by atoms with Crippen LogP contribution in [0.4, 0.5) is 0 Å². The summed E-state index contributed by atoms with van der Waals surface area (Å²) in [4.78, 5) is 22.5. The van der Waals surface area contributed by atoms with Crippen LogP contribution in [0, 0.1) is 11.8 Å². The van der Waals surface area contributed by atoms with Crippen molar-refractivity contribution in [2.24, 2.45) is 11.8 Å². The summed E-state index contributed by atoms with van der Waals surface area (Å²) in [6.07, 6.45) is 13.3. The lowest BCUT2D eigenvalue weighted by molar-refractivity contribution is -0.137. The first kappa shape index (κ1) is 21.3. The molecule has 1 fully saturated rings. The highest BCUT2D eigenvalue weighted by Gasteiger charge is 2.39. The molecule has 1 aliphatic carbocycles. The van der Waals surface area contributed by atoms with Crippen LogP contribution in [0.15, 0.2) is 36.5 Å². The Balaban J connectivity index is 2.52. The lowest BCUT2D eigenvalue weighted by Crippen LogP contribution is -2.18. The molecule has 0 aromatic carbocycles. The fraction of sp³-hybridized carbons (Fsp3) is 0.600. The van der Waals surface area contributed by atoms with Crippen molar-refractivity contribution in [1.29, 1.82) is 0 Å². The quantitative estimate of drug-likeness (QED) is 0.393. The number of hydrogen-bond acceptors (Lipinski definition) is 4. The van der Waals surface area contributed by atoms with Gasteiger partial charge in [-0.05, 0) is 32.1 Å². The lowest BCUT2D eigenvalue weighted by Gasteiger charge is -2.16. The van der Waals surface area contributed by atoms with Gasteiger partial charge in [0.05, 0.1) is 12.2 Å². The number of ketones is 1. The third-order valence-electron chi connectivity index (χ3n) is 4.39. The molecule has 0 aromatic heterocycles. The average molecular weight is 350 g/mol. The Morgan fingerprint density at radius 1 is 1.28 bits per heavy atom. The molecule has 4 atom stereocenters. The van der Waals surface area contributed by atoms with Gasteiger partial charge in [0.25, 0.3) is 0 Å². The van der Waals surface area contributed by atoms with E-state index in [9.17, 15) is 19.8 Å². The van der Waals surface area contributed by atoms with Crippen LogP contribution < -0.4 is 0 Å². The highest BCUT2D eigenvalue weighted by atomic mass is 16.4. The maximum atomic E-state index is 12.1. The Bertz CT molecular complexity index is 506. The number of aliphatic hydroxyl groups is 2. The molecule has 0 amide bonds. The normalized spacial score (nSPS) is 25.6. The van der Waals surface area contributed by atoms with Gasteiger partial charge in [-0.1, -0.05) is 43.4 Å². The molecule has 5 nitrogen and oxygen atoms in total. The largest absolute Gasteiger partial charge is 0.481 e. The summed E-state index contributed by atoms with van der Waals surface area (Å²) in [5, 5.41) is 28.6. The molecule has 1 saturated carbocycles. The molecule has 1 aliphatic rings. The molecule has 0 radical (unpaired) electrons. The monoisotopic (exact) mass is 350 g/mol. The van der Waals surface area contributed by atoms with Gasteiger partial charge in [-0.3, -0.25) is 9.59 Å². The summed E-state index contributed by atoms with van der Waals surface area (Å²) in [7, 11) is 0. The number of unbranched alkanes of at least 4 members (excludes halogenated alkanes) is 1. The van der Waals surface area contributed by atoms with Crippen LogP contribution in [-0.2, 0) is 9.59 Å². The van der Waals surface area contributed by atoms with E-state index in [-0.39, 0.29) is 30.5 Å². The minimum Gasteiger partial charge on any atom is -0.481 e. The Morgan fingerprint density at radius 3 is 2.72 bits per heavy atom. The minimum atomic E-state index is -0.806. The molecule has 3 N–H and O–H groups in total. The van der Waals surface area contributed by atoms with Crippen molar-refractivity contribution >= 4 is 11.8 Å². The average Bonchev–Trinajstić information content (AvgIpc) is 2.82. The molecule has 0 bridgehead atoms. The van der Waals surface area contributed by atoms with Gasteiger partial charge in [-0.25, -0.2) is 0 Å². The zero-order valence-electron chi connectivity index (χ0n) is 14.9. The molecule has 0 aromatic rings. The maximum absolute atomic E-state index is 12.1. The van der Waals surface area contributed by atoms with E-state index in [1.165, 1.54) is 0 Å². The standard InChI is InChI=1S/C20H30O5/c1-2-3-6-9-15(21)12-13-17-16(18(22)14-19(17)23)10-7-4-5-8-11-20(24)25/h3-4,6-7,12-13,15-17,19,21,23H,2,5,8-11,14H2,1H3,(H,24,25)/b6-3-,7-4-,13-12+/t15-,16+,17+,19-/m0/s1. The van der Waals surface area contributed by atoms with E-state index in [1.54, 1.807) is 12.2 Å². The van der Waals surface area contributed by atoms with Crippen LogP contribution in [-0.4, -0.2) is 39.3 Å². The SMILES string of the molecule is CC/C=C\C[C@H](O)/C=C/[C@H]1[C@@H](O)CC(=O)[C@@H]1C/C=C\CCCC(=O)O. The number of carbonyl (C=O) groups is 2. The summed E-state index contributed by atoms with van der Waals surface area (Å²) in [5.74, 6) is -1.32. The van der Waals surface area contributed by atoms with Crippen molar-refractivity contribution in [3.63, 3.8) is 0 Å². The molecule has 0 spiro atoms. The van der Waals surface area contributed by atoms with Gasteiger partial charge in [0.2, 0.25) is 0 Å². The predicted molar refractivity (Wildman–Crippen MR) is 97.0 cm³/mol. The van der Waals surface area contributed by atoms with E-state index >= 15 is 0 Å². The van der Waals surface area contributed by atoms with Crippen LogP contribution in [0.1, 0.15) is 51.9 Å². The highest BCUT2D eigenvalue weighted by molar-refractivity contribution is 5.84. The van der Waals surface area contributed by atoms with Crippen molar-refractivity contribution in [3.05, 3.63) is 36.5 Å². The number of Topliss-reactive ketones (excluding diaryl/α,β-unsaturated/α-hetero) is 1. The molecular weight excluding hydrogens is 320 g/mol. The molecule has 0 heterocycles. The third-order valence-corrected chi connectivity index (χ3v) is 4.39. The molecule has 140 valence electrons. The van der Waals surface area contributed by atoms with E-state index in [4.69, 9.17) is 5.11 Å². The second kappa shape index (κ2) is 11.8. The zero-order valence-corrected chi connectivity index (χ0v) is 14.9. The molecule has 0 aliphatic heterocycles. The molecule has 0 unspecified atom stereocenters. The zero-order chi connectivity index (χ0) is 18.7. The predicted octanol–water partition coefficient (Wildman–Crippen LogP) is 3.03. The number of hydrogen-bond donors (Lipinski definition) is 3. The molecular formula is C20H30O5. The number of carboxylic acid groups (broad SMARTS) is 1. The van der Waals surface area contributed by atoms with Crippen LogP contribution in [0.2, 0.25) is 0 Å². The molecule has 25 heavy (non-hydrogen) atoms. The first-order valence-electron chi connectivity index (χ1n) is 9.04. The number of carboxylic acids is 1. The third kappa shape index (κ3) is 8.27. The van der Waals surface area contributed by atoms with Gasteiger partial charge >= 0.3 is 5.97 Å². The number of allylic oxidation sites excluding steroid dienone is 3. The summed E-state index contributed by atoms with van der Waals surface area (Å²) in [5.41, 5.74) is 0. The van der Waals surface area contributed by atoms with Gasteiger partial charge in [-0.15, -0.1) is 0 Å². The van der Waals surface area contributed by atoms with Gasteiger partial charge in [-0.2, -0.15) is 0 Å². The smallest absolute Gasteiger partial charge is 0.303 e. The molecule has 5 heteroatoms.